The van der Waals surface area contributed by atoms with Gasteiger partial charge in [0.1, 0.15) is 0 Å². The van der Waals surface area contributed by atoms with Crippen molar-refractivity contribution in [2.24, 2.45) is 0 Å². The number of rotatable bonds is 5. The van der Waals surface area contributed by atoms with E-state index in [1.54, 1.807) is 4.90 Å². The first-order chi connectivity index (χ1) is 14.5. The average Bonchev–Trinajstić information content (AvgIpc) is 3.18. The van der Waals surface area contributed by atoms with Crippen LogP contribution in [0.25, 0.3) is 5.78 Å². The van der Waals surface area contributed by atoms with Crippen molar-refractivity contribution in [2.45, 2.75) is 52.0 Å². The summed E-state index contributed by atoms with van der Waals surface area (Å²) in [5.41, 5.74) is 2.42. The molecule has 1 aromatic carbocycles. The largest absolute Gasteiger partial charge is 0.450 e. The van der Waals surface area contributed by atoms with E-state index in [2.05, 4.69) is 15.1 Å². The number of anilines is 1. The molecule has 8 heteroatoms. The summed E-state index contributed by atoms with van der Waals surface area (Å²) in [6, 6.07) is 11.5. The highest BCUT2D eigenvalue weighted by atomic mass is 16.5. The van der Waals surface area contributed by atoms with E-state index >= 15 is 0 Å². The molecule has 3 aromatic rings. The van der Waals surface area contributed by atoms with Gasteiger partial charge in [0, 0.05) is 23.1 Å². The molecular formula is C22H25N5O3. The second kappa shape index (κ2) is 8.61. The SMILES string of the molecule is Cc1cc(C)n2nc(C(=O)OCC(=O)N(c3ccccc3)C3CCCCC3)nc2n1. The summed E-state index contributed by atoms with van der Waals surface area (Å²) >= 11 is 0. The molecule has 1 saturated carbocycles. The Morgan fingerprint density at radius 3 is 2.57 bits per heavy atom. The van der Waals surface area contributed by atoms with Gasteiger partial charge in [0.15, 0.2) is 6.61 Å². The Balaban J connectivity index is 1.49. The maximum absolute atomic E-state index is 13.0. The molecule has 8 nitrogen and oxygen atoms in total. The van der Waals surface area contributed by atoms with Crippen molar-refractivity contribution in [1.82, 2.24) is 19.6 Å². The molecule has 0 unspecified atom stereocenters. The minimum absolute atomic E-state index is 0.104. The van der Waals surface area contributed by atoms with E-state index in [0.29, 0.717) is 5.78 Å². The van der Waals surface area contributed by atoms with Crippen LogP contribution in [0.3, 0.4) is 0 Å². The minimum Gasteiger partial charge on any atom is -0.450 e. The lowest BCUT2D eigenvalue weighted by atomic mass is 9.93. The Hall–Kier alpha value is -3.29. The number of aromatic nitrogens is 4. The van der Waals surface area contributed by atoms with Crippen LogP contribution < -0.4 is 4.90 Å². The van der Waals surface area contributed by atoms with Crippen molar-refractivity contribution in [3.05, 3.63) is 53.6 Å². The Kier molecular flexibility index (Phi) is 5.74. The van der Waals surface area contributed by atoms with Gasteiger partial charge >= 0.3 is 5.97 Å². The van der Waals surface area contributed by atoms with Crippen LogP contribution in [0, 0.1) is 13.8 Å². The molecular weight excluding hydrogens is 382 g/mol. The fourth-order valence-corrected chi connectivity index (χ4v) is 4.00. The van der Waals surface area contributed by atoms with E-state index in [4.69, 9.17) is 4.74 Å². The first kappa shape index (κ1) is 20.0. The average molecular weight is 407 g/mol. The molecule has 1 aliphatic rings. The van der Waals surface area contributed by atoms with Crippen molar-refractivity contribution in [2.75, 3.05) is 11.5 Å². The maximum atomic E-state index is 13.0. The molecule has 2 heterocycles. The molecule has 4 rings (SSSR count). The molecule has 0 aliphatic heterocycles. The van der Waals surface area contributed by atoms with Crippen molar-refractivity contribution < 1.29 is 14.3 Å². The highest BCUT2D eigenvalue weighted by Crippen LogP contribution is 2.27. The lowest BCUT2D eigenvalue weighted by Crippen LogP contribution is -2.43. The number of ether oxygens (including phenoxy) is 1. The first-order valence-corrected chi connectivity index (χ1v) is 10.3. The normalized spacial score (nSPS) is 14.6. The molecule has 0 spiro atoms. The van der Waals surface area contributed by atoms with Crippen molar-refractivity contribution in [3.8, 4) is 0 Å². The molecule has 0 saturated heterocycles. The quantitative estimate of drug-likeness (QED) is 0.603. The van der Waals surface area contributed by atoms with Crippen LogP contribution in [-0.4, -0.2) is 44.1 Å². The number of esters is 1. The second-order valence-corrected chi connectivity index (χ2v) is 7.65. The van der Waals surface area contributed by atoms with Gasteiger partial charge < -0.3 is 9.64 Å². The Bertz CT molecular complexity index is 1060. The summed E-state index contributed by atoms with van der Waals surface area (Å²) in [6.45, 7) is 3.35. The standard InChI is InChI=1S/C22H25N5O3/c1-15-13-16(2)27-22(23-15)24-20(25-27)21(29)30-14-19(28)26(17-9-5-3-6-10-17)18-11-7-4-8-12-18/h3,5-6,9-10,13,18H,4,7-8,11-12,14H2,1-2H3. The number of nitrogens with zero attached hydrogens (tertiary/aromatic N) is 5. The third kappa shape index (κ3) is 4.17. The molecule has 0 bridgehead atoms. The number of benzene rings is 1. The Morgan fingerprint density at radius 1 is 1.10 bits per heavy atom. The van der Waals surface area contributed by atoms with Crippen LogP contribution in [0.1, 0.15) is 54.1 Å². The van der Waals surface area contributed by atoms with Gasteiger partial charge in [0.05, 0.1) is 0 Å². The van der Waals surface area contributed by atoms with Crippen molar-refractivity contribution in [3.63, 3.8) is 0 Å². The van der Waals surface area contributed by atoms with E-state index < -0.39 is 5.97 Å². The predicted molar refractivity (Wildman–Crippen MR) is 111 cm³/mol. The fraction of sp³-hybridized carbons (Fsp3) is 0.409. The third-order valence-corrected chi connectivity index (χ3v) is 5.37. The van der Waals surface area contributed by atoms with E-state index in [9.17, 15) is 9.59 Å². The van der Waals surface area contributed by atoms with Crippen LogP contribution in [0.15, 0.2) is 36.4 Å². The Labute approximate surface area is 174 Å². The van der Waals surface area contributed by atoms with Crippen molar-refractivity contribution in [1.29, 1.82) is 0 Å². The number of carbonyl (C=O) groups is 2. The molecule has 1 amide bonds. The van der Waals surface area contributed by atoms with Gasteiger partial charge in [-0.25, -0.2) is 14.3 Å². The van der Waals surface area contributed by atoms with Gasteiger partial charge in [-0.2, -0.15) is 4.98 Å². The maximum Gasteiger partial charge on any atom is 0.378 e. The smallest absolute Gasteiger partial charge is 0.378 e. The van der Waals surface area contributed by atoms with E-state index in [1.165, 1.54) is 10.9 Å². The summed E-state index contributed by atoms with van der Waals surface area (Å²) in [7, 11) is 0. The van der Waals surface area contributed by atoms with Crippen molar-refractivity contribution >= 4 is 23.3 Å². The highest BCUT2D eigenvalue weighted by Gasteiger charge is 2.28. The summed E-state index contributed by atoms with van der Waals surface area (Å²) in [4.78, 5) is 35.7. The molecule has 0 N–H and O–H groups in total. The number of hydrogen-bond acceptors (Lipinski definition) is 6. The van der Waals surface area contributed by atoms with E-state index in [1.807, 2.05) is 50.2 Å². The van der Waals surface area contributed by atoms with Crippen LogP contribution in [0.4, 0.5) is 5.69 Å². The summed E-state index contributed by atoms with van der Waals surface area (Å²) in [6.07, 6.45) is 5.28. The number of fused-ring (bicyclic) bond motifs is 1. The zero-order chi connectivity index (χ0) is 21.1. The van der Waals surface area contributed by atoms with Crippen LogP contribution in [-0.2, 0) is 9.53 Å². The molecule has 1 aliphatic carbocycles. The number of para-hydroxylation sites is 1. The molecule has 30 heavy (non-hydrogen) atoms. The number of hydrogen-bond donors (Lipinski definition) is 0. The second-order valence-electron chi connectivity index (χ2n) is 7.65. The highest BCUT2D eigenvalue weighted by molar-refractivity contribution is 5.96. The van der Waals surface area contributed by atoms with Gasteiger partial charge in [-0.1, -0.05) is 37.5 Å². The van der Waals surface area contributed by atoms with Gasteiger partial charge in [0.25, 0.3) is 17.5 Å². The number of amides is 1. The number of aryl methyl sites for hydroxylation is 2. The molecule has 0 atom stereocenters. The lowest BCUT2D eigenvalue weighted by molar-refractivity contribution is -0.122. The zero-order valence-corrected chi connectivity index (χ0v) is 17.2. The van der Waals surface area contributed by atoms with Gasteiger partial charge in [-0.15, -0.1) is 5.10 Å². The monoisotopic (exact) mass is 407 g/mol. The molecule has 156 valence electrons. The summed E-state index contributed by atoms with van der Waals surface area (Å²) in [5.74, 6) is -0.746. The minimum atomic E-state index is -0.734. The molecule has 1 fully saturated rings. The van der Waals surface area contributed by atoms with Crippen LogP contribution in [0.5, 0.6) is 0 Å². The van der Waals surface area contributed by atoms with Crippen LogP contribution >= 0.6 is 0 Å². The predicted octanol–water partition coefficient (Wildman–Crippen LogP) is 3.26. The molecule has 2 aromatic heterocycles. The van der Waals surface area contributed by atoms with E-state index in [0.717, 1.165) is 42.8 Å². The van der Waals surface area contributed by atoms with E-state index in [-0.39, 0.29) is 24.4 Å². The van der Waals surface area contributed by atoms with Gasteiger partial charge in [0.2, 0.25) is 0 Å². The van der Waals surface area contributed by atoms with Gasteiger partial charge in [-0.3, -0.25) is 4.79 Å². The van der Waals surface area contributed by atoms with Gasteiger partial charge in [-0.05, 0) is 44.9 Å². The first-order valence-electron chi connectivity index (χ1n) is 10.3. The fourth-order valence-electron chi connectivity index (χ4n) is 4.00. The topological polar surface area (TPSA) is 89.7 Å². The lowest BCUT2D eigenvalue weighted by Gasteiger charge is -2.34. The number of carbonyl (C=O) groups excluding carboxylic acids is 2. The molecule has 0 radical (unpaired) electrons. The Morgan fingerprint density at radius 2 is 1.83 bits per heavy atom. The summed E-state index contributed by atoms with van der Waals surface area (Å²) < 4.78 is 6.78. The van der Waals surface area contributed by atoms with Crippen LogP contribution in [0.2, 0.25) is 0 Å². The third-order valence-electron chi connectivity index (χ3n) is 5.37. The summed E-state index contributed by atoms with van der Waals surface area (Å²) in [5, 5.41) is 4.17. The zero-order valence-electron chi connectivity index (χ0n) is 17.2.